The molecule has 0 aliphatic carbocycles. The van der Waals surface area contributed by atoms with Crippen LogP contribution in [-0.2, 0) is 50.9 Å². The molecule has 0 N–H and O–H groups in total. The number of rotatable bonds is 0. The maximum absolute atomic E-state index is 0. The molecule has 0 heterocycles. The van der Waals surface area contributed by atoms with Gasteiger partial charge in [0.05, 0.1) is 0 Å². The zero-order valence-electron chi connectivity index (χ0n) is 1.66. The summed E-state index contributed by atoms with van der Waals surface area (Å²) in [5.41, 5.74) is 0. The van der Waals surface area contributed by atoms with Crippen LogP contribution < -0.4 is 0 Å². The molecule has 0 nitrogen and oxygen atoms in total. The van der Waals surface area contributed by atoms with Gasteiger partial charge in [-0.05, 0) is 0 Å². The third-order valence-electron chi connectivity index (χ3n) is 0. The van der Waals surface area contributed by atoms with Crippen LogP contribution in [0.15, 0.2) is 0 Å². The van der Waals surface area contributed by atoms with E-state index < -0.39 is 0 Å². The molecule has 4 heteroatoms. The van der Waals surface area contributed by atoms with E-state index in [1.165, 1.54) is 0 Å². The molecule has 1 radical (unpaired) electrons. The van der Waals surface area contributed by atoms with Crippen molar-refractivity contribution in [2.45, 2.75) is 0 Å². The fourth-order valence-corrected chi connectivity index (χ4v) is 0. The fraction of sp³-hybridized carbons (Fsp3) is 0. The summed E-state index contributed by atoms with van der Waals surface area (Å²) in [5.74, 6) is 0. The summed E-state index contributed by atoms with van der Waals surface area (Å²) in [7, 11) is 0. The second-order valence-corrected chi connectivity index (χ2v) is 0. The topological polar surface area (TPSA) is 0 Å². The summed E-state index contributed by atoms with van der Waals surface area (Å²) in [6, 6.07) is 0. The molecule has 0 rings (SSSR count). The maximum Gasteiger partial charge on any atom is 3.00 e. The van der Waals surface area contributed by atoms with Gasteiger partial charge in [-0.15, -0.1) is 0 Å². The Bertz CT molecular complexity index is 8.00. The van der Waals surface area contributed by atoms with Crippen LogP contribution in [-0.4, -0.2) is 17.4 Å². The van der Waals surface area contributed by atoms with Gasteiger partial charge in [0.25, 0.3) is 0 Å². The largest absolute Gasteiger partial charge is 3.00 e. The van der Waals surface area contributed by atoms with Crippen LogP contribution in [0.4, 0.5) is 0 Å². The predicted octanol–water partition coefficient (Wildman–Crippen LogP) is -0.388. The Balaban J connectivity index is 0. The average Bonchev–Trinajstić information content (AvgIpc) is 0. The minimum Gasteiger partial charge on any atom is 0 e. The van der Waals surface area contributed by atoms with Crippen LogP contribution in [0.5, 0.6) is 0 Å². The van der Waals surface area contributed by atoms with E-state index in [-0.39, 0.29) is 68.3 Å². The molecule has 0 atom stereocenters. The van der Waals surface area contributed by atoms with Crippen molar-refractivity contribution in [1.82, 2.24) is 0 Å². The van der Waals surface area contributed by atoms with Gasteiger partial charge in [0.2, 0.25) is 0 Å². The molecule has 0 saturated heterocycles. The third kappa shape index (κ3) is 8.95. The summed E-state index contributed by atoms with van der Waals surface area (Å²) in [6.45, 7) is 0. The van der Waals surface area contributed by atoms with Crippen molar-refractivity contribution in [1.29, 1.82) is 0 Å². The van der Waals surface area contributed by atoms with E-state index in [1.54, 1.807) is 0 Å². The van der Waals surface area contributed by atoms with Gasteiger partial charge in [-0.2, -0.15) is 0 Å². The van der Waals surface area contributed by atoms with E-state index in [0.29, 0.717) is 0 Å². The molecule has 0 aromatic heterocycles. The SMILES string of the molecule is [Al+3].[Cr+3].[Fe].[Ni+2]. The quantitative estimate of drug-likeness (QED) is 0.460. The van der Waals surface area contributed by atoms with Crippen LogP contribution in [0.3, 0.4) is 0 Å². The van der Waals surface area contributed by atoms with Gasteiger partial charge in [-0.25, -0.2) is 0 Å². The second kappa shape index (κ2) is 19.6. The molecule has 4 heavy (non-hydrogen) atoms. The Labute approximate surface area is 67.8 Å². The monoisotopic (exact) mass is 193 g/mol. The van der Waals surface area contributed by atoms with Crippen molar-refractivity contribution >= 4 is 17.4 Å². The molecular weight excluding hydrogens is 194 g/mol. The van der Waals surface area contributed by atoms with Gasteiger partial charge in [-0.1, -0.05) is 0 Å². The van der Waals surface area contributed by atoms with Crippen molar-refractivity contribution in [2.75, 3.05) is 0 Å². The minimum absolute atomic E-state index is 0. The van der Waals surface area contributed by atoms with Crippen LogP contribution >= 0.6 is 0 Å². The minimum atomic E-state index is 0. The fourth-order valence-electron chi connectivity index (χ4n) is 0. The molecular formula is AlCrFeNi+8. The van der Waals surface area contributed by atoms with Gasteiger partial charge >= 0.3 is 51.2 Å². The molecule has 0 aromatic carbocycles. The summed E-state index contributed by atoms with van der Waals surface area (Å²) < 4.78 is 0. The van der Waals surface area contributed by atoms with E-state index in [0.717, 1.165) is 0 Å². The second-order valence-electron chi connectivity index (χ2n) is 0. The molecule has 0 aliphatic rings. The van der Waals surface area contributed by atoms with Gasteiger partial charge in [0, 0.05) is 17.1 Å². The van der Waals surface area contributed by atoms with Crippen LogP contribution in [0, 0.1) is 0 Å². The molecule has 0 spiro atoms. The first kappa shape index (κ1) is 36.3. The van der Waals surface area contributed by atoms with Crippen molar-refractivity contribution in [3.63, 3.8) is 0 Å². The zero-order valence-corrected chi connectivity index (χ0v) is 6.18. The first-order valence-corrected chi connectivity index (χ1v) is 0. The summed E-state index contributed by atoms with van der Waals surface area (Å²) in [5, 5.41) is 0. The predicted molar refractivity (Wildman–Crippen MR) is 5.75 cm³/mol. The first-order chi connectivity index (χ1) is 0. The molecule has 0 aliphatic heterocycles. The Hall–Kier alpha value is 2.08. The van der Waals surface area contributed by atoms with Crippen LogP contribution in [0.1, 0.15) is 0 Å². The Morgan fingerprint density at radius 3 is 1.00 bits per heavy atom. The third-order valence-corrected chi connectivity index (χ3v) is 0. The Morgan fingerprint density at radius 2 is 1.00 bits per heavy atom. The summed E-state index contributed by atoms with van der Waals surface area (Å²) in [6.07, 6.45) is 0. The van der Waals surface area contributed by atoms with Crippen molar-refractivity contribution < 1.29 is 50.9 Å². The number of hydrogen-bond donors (Lipinski definition) is 0. The van der Waals surface area contributed by atoms with Crippen molar-refractivity contribution in [3.8, 4) is 0 Å². The van der Waals surface area contributed by atoms with E-state index >= 15 is 0 Å². The normalized spacial score (nSPS) is 0. The smallest absolute Gasteiger partial charge is 0 e. The summed E-state index contributed by atoms with van der Waals surface area (Å²) in [4.78, 5) is 0. The average molecular weight is 194 g/mol. The molecule has 0 saturated carbocycles. The molecule has 19 valence electrons. The number of hydrogen-bond acceptors (Lipinski definition) is 0. The zero-order chi connectivity index (χ0) is 0. The standard InChI is InChI=1S/Al.Cr.Fe.Ni/q2*+3;;+2. The van der Waals surface area contributed by atoms with Crippen molar-refractivity contribution in [2.24, 2.45) is 0 Å². The molecule has 0 fully saturated rings. The Morgan fingerprint density at radius 1 is 1.00 bits per heavy atom. The van der Waals surface area contributed by atoms with E-state index in [4.69, 9.17) is 0 Å². The van der Waals surface area contributed by atoms with Crippen molar-refractivity contribution in [3.05, 3.63) is 0 Å². The van der Waals surface area contributed by atoms with Gasteiger partial charge in [0.1, 0.15) is 0 Å². The molecule has 0 unspecified atom stereocenters. The maximum atomic E-state index is 0. The van der Waals surface area contributed by atoms with Gasteiger partial charge in [0.15, 0.2) is 0 Å². The molecule has 0 amide bonds. The van der Waals surface area contributed by atoms with Gasteiger partial charge < -0.3 is 0 Å². The molecule has 0 aromatic rings. The van der Waals surface area contributed by atoms with Gasteiger partial charge in [-0.3, -0.25) is 0 Å². The Kier molecular flexibility index (Phi) is 177. The van der Waals surface area contributed by atoms with Crippen LogP contribution in [0.2, 0.25) is 0 Å². The first-order valence-electron chi connectivity index (χ1n) is 0. The summed E-state index contributed by atoms with van der Waals surface area (Å²) >= 11 is 0. The molecule has 0 bridgehead atoms. The van der Waals surface area contributed by atoms with E-state index in [9.17, 15) is 0 Å². The van der Waals surface area contributed by atoms with E-state index in [2.05, 4.69) is 0 Å². The van der Waals surface area contributed by atoms with Crippen LogP contribution in [0.25, 0.3) is 0 Å². The van der Waals surface area contributed by atoms with E-state index in [1.807, 2.05) is 0 Å².